The molecule has 5 rings (SSSR count). The highest BCUT2D eigenvalue weighted by Gasteiger charge is 2.32. The van der Waals surface area contributed by atoms with Gasteiger partial charge < -0.3 is 24.4 Å². The van der Waals surface area contributed by atoms with Crippen LogP contribution in [0.5, 0.6) is 11.5 Å². The van der Waals surface area contributed by atoms with Gasteiger partial charge in [-0.05, 0) is 74.9 Å². The lowest BCUT2D eigenvalue weighted by Crippen LogP contribution is -2.25. The van der Waals surface area contributed by atoms with Gasteiger partial charge >= 0.3 is 17.9 Å². The molecule has 2 aromatic heterocycles. The first kappa shape index (κ1) is 33.1. The first-order chi connectivity index (χ1) is 22.9. The van der Waals surface area contributed by atoms with E-state index < -0.39 is 34.9 Å². The van der Waals surface area contributed by atoms with Crippen molar-refractivity contribution in [1.82, 2.24) is 19.6 Å². The molecule has 0 aliphatic heterocycles. The number of methoxy groups -OCH3 is 1. The van der Waals surface area contributed by atoms with E-state index in [4.69, 9.17) is 9.47 Å². The number of hydrogen-bond acceptors (Lipinski definition) is 8. The molecule has 3 aromatic carbocycles. The van der Waals surface area contributed by atoms with Crippen LogP contribution in [0.1, 0.15) is 61.6 Å². The van der Waals surface area contributed by atoms with E-state index in [0.717, 1.165) is 0 Å². The number of nitrogens with one attached hydrogen (secondary N) is 2. The highest BCUT2D eigenvalue weighted by atomic mass is 16.6. The Hall–Kier alpha value is -6.31. The van der Waals surface area contributed by atoms with Gasteiger partial charge in [-0.1, -0.05) is 18.2 Å². The summed E-state index contributed by atoms with van der Waals surface area (Å²) in [4.78, 5) is 63.6. The summed E-state index contributed by atoms with van der Waals surface area (Å²) in [6.07, 6.45) is 0. The molecule has 248 valence electrons. The fourth-order valence-electron chi connectivity index (χ4n) is 5.48. The molecule has 0 radical (unpaired) electrons. The van der Waals surface area contributed by atoms with Crippen LogP contribution < -0.4 is 20.6 Å². The summed E-state index contributed by atoms with van der Waals surface area (Å²) in [5.41, 5.74) is 1.03. The molecule has 0 bridgehead atoms. The van der Waals surface area contributed by atoms with Crippen LogP contribution in [0.4, 0.5) is 0 Å². The molecule has 2 heterocycles. The zero-order valence-corrected chi connectivity index (χ0v) is 26.4. The van der Waals surface area contributed by atoms with Gasteiger partial charge in [0.25, 0.3) is 11.1 Å². The van der Waals surface area contributed by atoms with Gasteiger partial charge in [0.15, 0.2) is 18.1 Å². The lowest BCUT2D eigenvalue weighted by Gasteiger charge is -2.19. The van der Waals surface area contributed by atoms with Crippen molar-refractivity contribution in [3.05, 3.63) is 127 Å². The minimum Gasteiger partial charge on any atom is -0.490 e. The lowest BCUT2D eigenvalue weighted by molar-refractivity contribution is -0.142. The molecule has 0 aliphatic rings. The Morgan fingerprint density at radius 2 is 1.27 bits per heavy atom. The second-order valence-electron chi connectivity index (χ2n) is 10.7. The van der Waals surface area contributed by atoms with Crippen molar-refractivity contribution in [2.75, 3.05) is 20.3 Å². The third-order valence-corrected chi connectivity index (χ3v) is 7.69. The van der Waals surface area contributed by atoms with Gasteiger partial charge in [-0.25, -0.2) is 23.7 Å². The van der Waals surface area contributed by atoms with Crippen LogP contribution >= 0.6 is 0 Å². The summed E-state index contributed by atoms with van der Waals surface area (Å²) in [6.45, 7) is 4.93. The standard InChI is InChI=1S/C34H32N4O10/c1-5-47-26-16-20(12-13-25(26)48-17-27(39)46-4)30(28-18(2)35-37(31(28)40)23-10-6-8-21(14-23)33(42)43)29-19(3)36-38(32(29)41)24-11-7-9-22(15-24)34(44)45/h6-16,30,35-36H,5,17H2,1-4H3,(H,42,43)(H,44,45). The molecule has 4 N–H and O–H groups in total. The van der Waals surface area contributed by atoms with Gasteiger partial charge in [-0.15, -0.1) is 0 Å². The van der Waals surface area contributed by atoms with Gasteiger partial charge in [0.2, 0.25) is 0 Å². The van der Waals surface area contributed by atoms with Crippen LogP contribution in [0.3, 0.4) is 0 Å². The number of nitrogens with zero attached hydrogens (tertiary/aromatic N) is 2. The number of carboxylic acids is 2. The number of aryl methyl sites for hydroxylation is 2. The van der Waals surface area contributed by atoms with E-state index in [9.17, 15) is 34.2 Å². The van der Waals surface area contributed by atoms with E-state index in [0.29, 0.717) is 17.0 Å². The second kappa shape index (κ2) is 13.6. The highest BCUT2D eigenvalue weighted by Crippen LogP contribution is 2.37. The molecule has 5 aromatic rings. The molecule has 0 aliphatic carbocycles. The Balaban J connectivity index is 1.75. The maximum absolute atomic E-state index is 14.3. The van der Waals surface area contributed by atoms with Gasteiger partial charge in [-0.2, -0.15) is 0 Å². The van der Waals surface area contributed by atoms with E-state index in [1.807, 2.05) is 0 Å². The number of hydrogen-bond donors (Lipinski definition) is 4. The Kier molecular flexibility index (Phi) is 9.36. The highest BCUT2D eigenvalue weighted by molar-refractivity contribution is 5.88. The minimum absolute atomic E-state index is 0.0263. The molecule has 14 heteroatoms. The fraction of sp³-hybridized carbons (Fsp3) is 0.206. The Morgan fingerprint density at radius 3 is 1.73 bits per heavy atom. The van der Waals surface area contributed by atoms with Crippen LogP contribution in [0.15, 0.2) is 76.3 Å². The molecule has 48 heavy (non-hydrogen) atoms. The van der Waals surface area contributed by atoms with Crippen molar-refractivity contribution >= 4 is 17.9 Å². The first-order valence-electron chi connectivity index (χ1n) is 14.7. The summed E-state index contributed by atoms with van der Waals surface area (Å²) >= 11 is 0. The molecule has 0 unspecified atom stereocenters. The maximum Gasteiger partial charge on any atom is 0.343 e. The quantitative estimate of drug-likeness (QED) is 0.144. The number of carbonyl (C=O) groups excluding carboxylic acids is 1. The maximum atomic E-state index is 14.3. The van der Waals surface area contributed by atoms with E-state index in [2.05, 4.69) is 14.9 Å². The molecule has 0 atom stereocenters. The van der Waals surface area contributed by atoms with Gasteiger partial charge in [0, 0.05) is 17.3 Å². The predicted molar refractivity (Wildman–Crippen MR) is 172 cm³/mol. The number of H-pyrrole nitrogens is 2. The second-order valence-corrected chi connectivity index (χ2v) is 10.7. The Morgan fingerprint density at radius 1 is 0.750 bits per heavy atom. The predicted octanol–water partition coefficient (Wildman–Crippen LogP) is 3.79. The average Bonchev–Trinajstić information content (AvgIpc) is 3.54. The van der Waals surface area contributed by atoms with Crippen LogP contribution in [0, 0.1) is 13.8 Å². The largest absolute Gasteiger partial charge is 0.490 e. The van der Waals surface area contributed by atoms with Gasteiger partial charge in [-0.3, -0.25) is 19.8 Å². The number of carboxylic acid groups (broad SMARTS) is 2. The summed E-state index contributed by atoms with van der Waals surface area (Å²) in [6, 6.07) is 16.5. The normalized spacial score (nSPS) is 11.0. The molecule has 0 spiro atoms. The monoisotopic (exact) mass is 656 g/mol. The fourth-order valence-corrected chi connectivity index (χ4v) is 5.48. The average molecular weight is 657 g/mol. The lowest BCUT2D eigenvalue weighted by atomic mass is 9.85. The molecule has 0 amide bonds. The molecular weight excluding hydrogens is 624 g/mol. The summed E-state index contributed by atoms with van der Waals surface area (Å²) in [7, 11) is 1.23. The van der Waals surface area contributed by atoms with E-state index in [1.165, 1.54) is 52.9 Å². The van der Waals surface area contributed by atoms with Crippen LogP contribution in [0.25, 0.3) is 11.4 Å². The van der Waals surface area contributed by atoms with Crippen molar-refractivity contribution in [2.45, 2.75) is 26.7 Å². The van der Waals surface area contributed by atoms with E-state index in [1.54, 1.807) is 51.1 Å². The van der Waals surface area contributed by atoms with Crippen molar-refractivity contribution in [3.63, 3.8) is 0 Å². The molecule has 0 saturated carbocycles. The topological polar surface area (TPSA) is 195 Å². The summed E-state index contributed by atoms with van der Waals surface area (Å²) < 4.78 is 18.5. The van der Waals surface area contributed by atoms with Crippen LogP contribution in [-0.4, -0.2) is 68.0 Å². The minimum atomic E-state index is -1.17. The van der Waals surface area contributed by atoms with Crippen LogP contribution in [0.2, 0.25) is 0 Å². The number of carbonyl (C=O) groups is 3. The number of rotatable bonds is 12. The molecule has 0 saturated heterocycles. The number of aromatic carboxylic acids is 2. The summed E-state index contributed by atoms with van der Waals surface area (Å²) in [5.74, 6) is -3.48. The van der Waals surface area contributed by atoms with Crippen molar-refractivity contribution in [3.8, 4) is 22.9 Å². The van der Waals surface area contributed by atoms with Crippen molar-refractivity contribution < 1.29 is 38.8 Å². The third-order valence-electron chi connectivity index (χ3n) is 7.69. The zero-order chi connectivity index (χ0) is 34.7. The van der Waals surface area contributed by atoms with Crippen LogP contribution in [-0.2, 0) is 9.53 Å². The molecular formula is C34H32N4O10. The number of aromatic amines is 2. The zero-order valence-electron chi connectivity index (χ0n) is 26.4. The smallest absolute Gasteiger partial charge is 0.343 e. The van der Waals surface area contributed by atoms with Gasteiger partial charge in [0.1, 0.15) is 0 Å². The van der Waals surface area contributed by atoms with Crippen molar-refractivity contribution in [1.29, 1.82) is 0 Å². The van der Waals surface area contributed by atoms with Gasteiger partial charge in [0.05, 0.1) is 47.3 Å². The first-order valence-corrected chi connectivity index (χ1v) is 14.7. The summed E-state index contributed by atoms with van der Waals surface area (Å²) in [5, 5.41) is 25.1. The Labute approximate surface area is 272 Å². The van der Waals surface area contributed by atoms with Crippen molar-refractivity contribution in [2.24, 2.45) is 0 Å². The van der Waals surface area contributed by atoms with E-state index >= 15 is 0 Å². The number of esters is 1. The number of ether oxygens (including phenoxy) is 3. The third kappa shape index (κ3) is 6.35. The Bertz CT molecular complexity index is 2040. The molecule has 14 nitrogen and oxygen atoms in total. The van der Waals surface area contributed by atoms with E-state index in [-0.39, 0.29) is 58.3 Å². The SMILES string of the molecule is CCOc1cc(C(c2c(C)[nH]n(-c3cccc(C(=O)O)c3)c2=O)c2c(C)[nH]n(-c3cccc(C(=O)O)c3)c2=O)ccc1OCC(=O)OC. The molecule has 0 fully saturated rings. The number of benzene rings is 3. The number of aromatic nitrogens is 4.